The van der Waals surface area contributed by atoms with Crippen LogP contribution in [0, 0.1) is 0 Å². The number of hydrogen-bond acceptors (Lipinski definition) is 5. The molecule has 0 spiro atoms. The first-order valence-electron chi connectivity index (χ1n) is 7.78. The molecule has 2 aromatic rings. The zero-order valence-corrected chi connectivity index (χ0v) is 13.6. The van der Waals surface area contributed by atoms with Crippen molar-refractivity contribution in [3.8, 4) is 0 Å². The van der Waals surface area contributed by atoms with Crippen LogP contribution in [0.3, 0.4) is 0 Å². The Morgan fingerprint density at radius 2 is 2.26 bits per heavy atom. The lowest BCUT2D eigenvalue weighted by atomic mass is 10.1. The van der Waals surface area contributed by atoms with E-state index in [0.717, 1.165) is 31.7 Å². The van der Waals surface area contributed by atoms with Crippen molar-refractivity contribution in [3.63, 3.8) is 0 Å². The third-order valence-electron chi connectivity index (χ3n) is 3.63. The van der Waals surface area contributed by atoms with Crippen molar-refractivity contribution in [2.45, 2.75) is 30.5 Å². The van der Waals surface area contributed by atoms with Crippen LogP contribution in [0.15, 0.2) is 35.5 Å². The van der Waals surface area contributed by atoms with Crippen molar-refractivity contribution in [1.82, 2.24) is 20.5 Å². The number of carbonyl (C=O) groups is 1. The average molecular weight is 332 g/mol. The Bertz CT molecular complexity index is 626. The Labute approximate surface area is 139 Å². The summed E-state index contributed by atoms with van der Waals surface area (Å²) in [5, 5.41) is 10.5. The topological polar surface area (TPSA) is 79.9 Å². The molecule has 0 bridgehead atoms. The van der Waals surface area contributed by atoms with Crippen LogP contribution in [0.1, 0.15) is 30.3 Å². The number of carbonyl (C=O) groups excluding carboxylic acids is 1. The van der Waals surface area contributed by atoms with E-state index in [9.17, 15) is 4.79 Å². The molecule has 2 N–H and O–H groups in total. The smallest absolute Gasteiger partial charge is 0.230 e. The van der Waals surface area contributed by atoms with Gasteiger partial charge in [0.2, 0.25) is 11.1 Å². The fourth-order valence-electron chi connectivity index (χ4n) is 2.43. The number of thioether (sulfide) groups is 1. The van der Waals surface area contributed by atoms with Gasteiger partial charge in [0.1, 0.15) is 6.10 Å². The van der Waals surface area contributed by atoms with Gasteiger partial charge in [0.05, 0.1) is 5.75 Å². The highest BCUT2D eigenvalue weighted by atomic mass is 32.2. The maximum absolute atomic E-state index is 11.8. The second kappa shape index (κ2) is 8.12. The molecule has 7 heteroatoms. The predicted octanol–water partition coefficient (Wildman–Crippen LogP) is 2.11. The van der Waals surface area contributed by atoms with Crippen molar-refractivity contribution < 1.29 is 9.53 Å². The monoisotopic (exact) mass is 332 g/mol. The van der Waals surface area contributed by atoms with Crippen LogP contribution in [-0.4, -0.2) is 40.0 Å². The number of aromatic amines is 1. The van der Waals surface area contributed by atoms with Crippen molar-refractivity contribution in [1.29, 1.82) is 0 Å². The van der Waals surface area contributed by atoms with Gasteiger partial charge >= 0.3 is 0 Å². The number of hydrogen-bond donors (Lipinski definition) is 2. The van der Waals surface area contributed by atoms with Gasteiger partial charge in [-0.1, -0.05) is 42.1 Å². The lowest BCUT2D eigenvalue weighted by Crippen LogP contribution is -2.27. The quantitative estimate of drug-likeness (QED) is 0.759. The Balaban J connectivity index is 1.37. The fraction of sp³-hybridized carbons (Fsp3) is 0.438. The summed E-state index contributed by atoms with van der Waals surface area (Å²) >= 11 is 1.33. The van der Waals surface area contributed by atoms with Gasteiger partial charge in [0.15, 0.2) is 5.82 Å². The molecule has 1 aliphatic heterocycles. The molecule has 1 aliphatic rings. The summed E-state index contributed by atoms with van der Waals surface area (Å²) in [6.45, 7) is 1.41. The van der Waals surface area contributed by atoms with Crippen LogP contribution < -0.4 is 5.32 Å². The molecule has 0 aliphatic carbocycles. The van der Waals surface area contributed by atoms with Gasteiger partial charge in [0, 0.05) is 13.2 Å². The molecule has 1 aromatic heterocycles. The normalized spacial score (nSPS) is 17.3. The first-order valence-corrected chi connectivity index (χ1v) is 8.77. The van der Waals surface area contributed by atoms with E-state index in [0.29, 0.717) is 17.5 Å². The number of rotatable bonds is 7. The summed E-state index contributed by atoms with van der Waals surface area (Å²) in [6.07, 6.45) is 2.88. The standard InChI is InChI=1S/C16H20N4O2S/c21-14(17-9-8-12-5-2-1-3-6-12)11-23-16-18-15(19-20-16)13-7-4-10-22-13/h1-3,5-6,13H,4,7-11H2,(H,17,21)(H,18,19,20)/t13-/m0/s1. The van der Waals surface area contributed by atoms with Crippen LogP contribution in [-0.2, 0) is 16.0 Å². The van der Waals surface area contributed by atoms with Crippen molar-refractivity contribution in [2.24, 2.45) is 0 Å². The van der Waals surface area contributed by atoms with Gasteiger partial charge in [0.25, 0.3) is 0 Å². The van der Waals surface area contributed by atoms with E-state index in [2.05, 4.69) is 32.6 Å². The van der Waals surface area contributed by atoms with E-state index < -0.39 is 0 Å². The first-order chi connectivity index (χ1) is 11.3. The van der Waals surface area contributed by atoms with Gasteiger partial charge in [-0.05, 0) is 24.8 Å². The van der Waals surface area contributed by atoms with E-state index in [-0.39, 0.29) is 12.0 Å². The van der Waals surface area contributed by atoms with Crippen LogP contribution >= 0.6 is 11.8 Å². The maximum Gasteiger partial charge on any atom is 0.230 e. The largest absolute Gasteiger partial charge is 0.370 e. The van der Waals surface area contributed by atoms with Crippen LogP contribution in [0.5, 0.6) is 0 Å². The molecule has 0 radical (unpaired) electrons. The SMILES string of the molecule is O=C(CSc1n[nH]c([C@@H]2CCCO2)n1)NCCc1ccccc1. The number of ether oxygens (including phenoxy) is 1. The summed E-state index contributed by atoms with van der Waals surface area (Å²) in [7, 11) is 0. The lowest BCUT2D eigenvalue weighted by Gasteiger charge is -2.04. The summed E-state index contributed by atoms with van der Waals surface area (Å²) in [5.74, 6) is 1.07. The molecule has 2 heterocycles. The molecule has 0 saturated carbocycles. The zero-order chi connectivity index (χ0) is 15.9. The van der Waals surface area contributed by atoms with Crippen LogP contribution in [0.4, 0.5) is 0 Å². The highest BCUT2D eigenvalue weighted by Crippen LogP contribution is 2.26. The predicted molar refractivity (Wildman–Crippen MR) is 88.2 cm³/mol. The van der Waals surface area contributed by atoms with Crippen molar-refractivity contribution in [2.75, 3.05) is 18.9 Å². The molecule has 1 fully saturated rings. The Hall–Kier alpha value is -1.86. The van der Waals surface area contributed by atoms with Gasteiger partial charge in [-0.15, -0.1) is 5.10 Å². The first kappa shape index (κ1) is 16.0. The van der Waals surface area contributed by atoms with Gasteiger partial charge in [-0.25, -0.2) is 4.98 Å². The van der Waals surface area contributed by atoms with Crippen molar-refractivity contribution >= 4 is 17.7 Å². The van der Waals surface area contributed by atoms with Crippen molar-refractivity contribution in [3.05, 3.63) is 41.7 Å². The van der Waals surface area contributed by atoms with Gasteiger partial charge < -0.3 is 10.1 Å². The van der Waals surface area contributed by atoms with E-state index in [1.54, 1.807) is 0 Å². The number of H-pyrrole nitrogens is 1. The maximum atomic E-state index is 11.8. The third-order valence-corrected chi connectivity index (χ3v) is 4.48. The molecule has 1 aromatic carbocycles. The minimum absolute atomic E-state index is 0.00519. The summed E-state index contributed by atoms with van der Waals surface area (Å²) in [4.78, 5) is 16.2. The lowest BCUT2D eigenvalue weighted by molar-refractivity contribution is -0.118. The average Bonchev–Trinajstić information content (AvgIpc) is 3.25. The molecule has 23 heavy (non-hydrogen) atoms. The zero-order valence-electron chi connectivity index (χ0n) is 12.8. The Morgan fingerprint density at radius 1 is 1.39 bits per heavy atom. The fourth-order valence-corrected chi connectivity index (χ4v) is 3.07. The van der Waals surface area contributed by atoms with E-state index in [1.165, 1.54) is 17.3 Å². The number of nitrogens with zero attached hydrogens (tertiary/aromatic N) is 2. The summed E-state index contributed by atoms with van der Waals surface area (Å²) in [5.41, 5.74) is 1.22. The number of nitrogens with one attached hydrogen (secondary N) is 2. The minimum Gasteiger partial charge on any atom is -0.370 e. The van der Waals surface area contributed by atoms with Crippen LogP contribution in [0.25, 0.3) is 0 Å². The summed E-state index contributed by atoms with van der Waals surface area (Å²) < 4.78 is 5.55. The molecule has 1 saturated heterocycles. The van der Waals surface area contributed by atoms with E-state index >= 15 is 0 Å². The highest BCUT2D eigenvalue weighted by Gasteiger charge is 2.21. The Morgan fingerprint density at radius 3 is 3.04 bits per heavy atom. The number of aromatic nitrogens is 3. The second-order valence-electron chi connectivity index (χ2n) is 5.38. The molecule has 6 nitrogen and oxygen atoms in total. The molecule has 122 valence electrons. The molecule has 0 unspecified atom stereocenters. The van der Waals surface area contributed by atoms with E-state index in [4.69, 9.17) is 4.74 Å². The minimum atomic E-state index is -0.00519. The summed E-state index contributed by atoms with van der Waals surface area (Å²) in [6, 6.07) is 10.1. The third kappa shape index (κ3) is 4.80. The van der Waals surface area contributed by atoms with E-state index in [1.807, 2.05) is 18.2 Å². The molecular weight excluding hydrogens is 312 g/mol. The molecule has 1 amide bonds. The molecular formula is C16H20N4O2S. The molecule has 3 rings (SSSR count). The van der Waals surface area contributed by atoms with Gasteiger partial charge in [-0.3, -0.25) is 9.89 Å². The van der Waals surface area contributed by atoms with Gasteiger partial charge in [-0.2, -0.15) is 0 Å². The molecule has 1 atom stereocenters. The highest BCUT2D eigenvalue weighted by molar-refractivity contribution is 7.99. The second-order valence-corrected chi connectivity index (χ2v) is 6.32. The number of amides is 1. The Kier molecular flexibility index (Phi) is 5.65. The van der Waals surface area contributed by atoms with Crippen LogP contribution in [0.2, 0.25) is 0 Å². The number of benzene rings is 1.